The molecule has 0 aliphatic heterocycles. The lowest BCUT2D eigenvalue weighted by Gasteiger charge is -2.02. The van der Waals surface area contributed by atoms with Gasteiger partial charge in [-0.15, -0.1) is 0 Å². The summed E-state index contributed by atoms with van der Waals surface area (Å²) in [6, 6.07) is 2.53. The maximum absolute atomic E-state index is 11.1. The van der Waals surface area contributed by atoms with Crippen LogP contribution in [0.1, 0.15) is 0 Å². The molecule has 0 bridgehead atoms. The Kier molecular flexibility index (Phi) is 3.74. The average molecular weight is 371 g/mol. The van der Waals surface area contributed by atoms with Crippen molar-refractivity contribution in [3.8, 4) is 0 Å². The van der Waals surface area contributed by atoms with Crippen molar-refractivity contribution in [3.05, 3.63) is 27.2 Å². The van der Waals surface area contributed by atoms with Crippen molar-refractivity contribution in [2.24, 2.45) is 0 Å². The zero-order valence-electron chi connectivity index (χ0n) is 5.89. The molecule has 1 rings (SSSR count). The molecule has 0 N–H and O–H groups in total. The van der Waals surface area contributed by atoms with E-state index in [1.807, 2.05) is 0 Å². The maximum Gasteiger partial charge on any atom is 0.232 e. The molecule has 0 unspecified atom stereocenters. The van der Waals surface area contributed by atoms with Crippen LogP contribution in [0, 0.1) is 0 Å². The highest BCUT2D eigenvalue weighted by molar-refractivity contribution is 14.2. The molecule has 72 valence electrons. The molecule has 1 aromatic carbocycles. The Bertz CT molecular complexity index is 443. The van der Waals surface area contributed by atoms with Gasteiger partial charge in [-0.3, -0.25) is 0 Å². The van der Waals surface area contributed by atoms with E-state index in [9.17, 15) is 8.42 Å². The van der Waals surface area contributed by atoms with E-state index in [0.29, 0.717) is 0 Å². The van der Waals surface area contributed by atoms with E-state index in [1.165, 1.54) is 33.3 Å². The van der Waals surface area contributed by atoms with Gasteiger partial charge in [0.2, 0.25) is 7.01 Å². The fraction of sp³-hybridized carbons (Fsp3) is 0. The summed E-state index contributed by atoms with van der Waals surface area (Å²) in [6.45, 7) is 0. The van der Waals surface area contributed by atoms with Gasteiger partial charge in [-0.05, 0) is 12.1 Å². The molecule has 0 heterocycles. The Morgan fingerprint density at radius 1 is 1.00 bits per heavy atom. The van der Waals surface area contributed by atoms with Crippen molar-refractivity contribution in [1.82, 2.24) is 0 Å². The predicted octanol–water partition coefficient (Wildman–Crippen LogP) is 3.77. The normalized spacial score (nSPS) is 11.7. The number of hydrogen-bond acceptors (Lipinski definition) is 2. The van der Waals surface area contributed by atoms with Gasteiger partial charge in [-0.25, -0.2) is 8.42 Å². The molecular weight excluding hydrogens is 369 g/mol. The lowest BCUT2D eigenvalue weighted by Crippen LogP contribution is -1.91. The molecule has 0 atom stereocenters. The van der Waals surface area contributed by atoms with Crippen molar-refractivity contribution in [1.29, 1.82) is 0 Å². The van der Waals surface area contributed by atoms with E-state index in [0.717, 1.165) is 0 Å². The first-order chi connectivity index (χ1) is 5.82. The van der Waals surface area contributed by atoms with Crippen LogP contribution in [0.25, 0.3) is 0 Å². The highest BCUT2D eigenvalue weighted by Crippen LogP contribution is 2.33. The third kappa shape index (κ3) is 2.86. The van der Waals surface area contributed by atoms with Crippen molar-refractivity contribution < 1.29 is 8.42 Å². The molecule has 7 heteroatoms. The van der Waals surface area contributed by atoms with Gasteiger partial charge in [-0.1, -0.05) is 34.8 Å². The first-order valence-electron chi connectivity index (χ1n) is 2.91. The summed E-state index contributed by atoms with van der Waals surface area (Å²) in [4.78, 5) is -0.0239. The second-order valence-electron chi connectivity index (χ2n) is 2.13. The highest BCUT2D eigenvalue weighted by Gasteiger charge is 2.16. The summed E-state index contributed by atoms with van der Waals surface area (Å²) in [5.74, 6) is 0. The standard InChI is InChI=1S/C6H2Cl3IO2S/c7-3-1-5(9)6(2-4(3)8)13(10,11)12/h1-2H. The monoisotopic (exact) mass is 370 g/mol. The van der Waals surface area contributed by atoms with Crippen LogP contribution in [0.5, 0.6) is 0 Å². The molecular formula is C6H2Cl3IO2S. The largest absolute Gasteiger partial charge is 0.232 e. The summed E-state index contributed by atoms with van der Waals surface area (Å²) in [5.41, 5.74) is 0. The first-order valence-corrected chi connectivity index (χ1v) is 8.07. The molecule has 13 heavy (non-hydrogen) atoms. The van der Waals surface area contributed by atoms with Gasteiger partial charge < -0.3 is 0 Å². The Balaban J connectivity index is 3.50. The van der Waals surface area contributed by atoms with Crippen molar-refractivity contribution >= 4 is 63.0 Å². The minimum atomic E-state index is -3.38. The van der Waals surface area contributed by atoms with Crippen LogP contribution < -0.4 is 0 Å². The van der Waals surface area contributed by atoms with Crippen molar-refractivity contribution in [3.63, 3.8) is 0 Å². The molecule has 0 spiro atoms. The molecule has 0 saturated carbocycles. The lowest BCUT2D eigenvalue weighted by molar-refractivity contribution is 0.612. The van der Waals surface area contributed by atoms with Gasteiger partial charge >= 0.3 is 0 Å². The quantitative estimate of drug-likeness (QED) is 0.428. The van der Waals surface area contributed by atoms with Gasteiger partial charge in [0.1, 0.15) is 0 Å². The van der Waals surface area contributed by atoms with Gasteiger partial charge in [0.25, 0.3) is 0 Å². The first kappa shape index (κ1) is 11.8. The van der Waals surface area contributed by atoms with Crippen LogP contribution in [-0.4, -0.2) is 8.42 Å². The molecule has 2 nitrogen and oxygen atoms in total. The predicted molar refractivity (Wildman–Crippen MR) is 62.7 cm³/mol. The summed E-state index contributed by atoms with van der Waals surface area (Å²) in [5, 5.41) is 0.473. The molecule has 0 aliphatic carbocycles. The molecule has 0 fully saturated rings. The van der Waals surface area contributed by atoms with Crippen LogP contribution in [0.4, 0.5) is 0 Å². The molecule has 0 aliphatic rings. The number of halogens is 4. The van der Waals surface area contributed by atoms with Gasteiger partial charge in [0.15, 0.2) is 0 Å². The van der Waals surface area contributed by atoms with E-state index in [1.54, 1.807) is 0 Å². The highest BCUT2D eigenvalue weighted by atomic mass is 127. The topological polar surface area (TPSA) is 34.1 Å². The summed E-state index contributed by atoms with van der Waals surface area (Å²) < 4.78 is 22.2. The lowest BCUT2D eigenvalue weighted by atomic mass is 10.4. The summed E-state index contributed by atoms with van der Waals surface area (Å²) >= 11 is 18.2. The maximum atomic E-state index is 11.1. The van der Waals surface area contributed by atoms with Crippen LogP contribution in [0.3, 0.4) is 0 Å². The second kappa shape index (κ2) is 4.10. The number of benzene rings is 1. The van der Waals surface area contributed by atoms with E-state index in [-0.39, 0.29) is 20.0 Å². The van der Waals surface area contributed by atoms with Crippen LogP contribution >= 0.6 is 56.0 Å². The molecule has 0 amide bonds. The summed E-state index contributed by atoms with van der Waals surface area (Å²) in [7, 11) is -3.38. The zero-order valence-corrected chi connectivity index (χ0v) is 11.1. The minimum Gasteiger partial charge on any atom is -0.213 e. The summed E-state index contributed by atoms with van der Waals surface area (Å²) in [6.07, 6.45) is 0. The van der Waals surface area contributed by atoms with Gasteiger partial charge in [-0.2, -0.15) is 0 Å². The molecule has 0 aromatic heterocycles. The SMILES string of the molecule is O=S(=O)(I)c1cc(Cl)c(Cl)cc1Cl. The van der Waals surface area contributed by atoms with Crippen LogP contribution in [0.15, 0.2) is 17.0 Å². The second-order valence-corrected chi connectivity index (χ2v) is 8.15. The van der Waals surface area contributed by atoms with Crippen molar-refractivity contribution in [2.45, 2.75) is 4.90 Å². The molecule has 1 aromatic rings. The third-order valence-corrected chi connectivity index (χ3v) is 4.67. The molecule has 0 radical (unpaired) electrons. The van der Waals surface area contributed by atoms with Gasteiger partial charge in [0.05, 0.1) is 41.2 Å². The fourth-order valence-electron chi connectivity index (χ4n) is 0.691. The average Bonchev–Trinajstić information content (AvgIpc) is 1.94. The minimum absolute atomic E-state index is 0.0239. The number of hydrogen-bond donors (Lipinski definition) is 0. The van der Waals surface area contributed by atoms with Crippen LogP contribution in [0.2, 0.25) is 15.1 Å². The smallest absolute Gasteiger partial charge is 0.213 e. The van der Waals surface area contributed by atoms with E-state index in [2.05, 4.69) is 0 Å². The van der Waals surface area contributed by atoms with Crippen molar-refractivity contribution in [2.75, 3.05) is 0 Å². The van der Waals surface area contributed by atoms with Crippen LogP contribution in [-0.2, 0) is 7.01 Å². The number of rotatable bonds is 1. The Hall–Kier alpha value is 0.770. The fourth-order valence-corrected chi connectivity index (χ4v) is 3.64. The van der Waals surface area contributed by atoms with Gasteiger partial charge in [0, 0.05) is 0 Å². The third-order valence-electron chi connectivity index (χ3n) is 1.24. The van der Waals surface area contributed by atoms with E-state index < -0.39 is 7.01 Å². The van der Waals surface area contributed by atoms with E-state index in [4.69, 9.17) is 34.8 Å². The Morgan fingerprint density at radius 2 is 1.46 bits per heavy atom. The Morgan fingerprint density at radius 3 is 1.92 bits per heavy atom. The Labute approximate surface area is 103 Å². The zero-order chi connectivity index (χ0) is 10.2. The van der Waals surface area contributed by atoms with E-state index >= 15 is 0 Å². The molecule has 0 saturated heterocycles.